The zero-order valence-electron chi connectivity index (χ0n) is 9.43. The number of carbonyl (C=O) groups is 1. The summed E-state index contributed by atoms with van der Waals surface area (Å²) in [6, 6.07) is -0.123. The number of nitrogens with one attached hydrogen (secondary N) is 1. The van der Waals surface area contributed by atoms with E-state index in [2.05, 4.69) is 17.0 Å². The second-order valence-electron chi connectivity index (χ2n) is 3.21. The second kappa shape index (κ2) is 10.9. The van der Waals surface area contributed by atoms with Gasteiger partial charge in [-0.15, -0.1) is 0 Å². The average molecular weight is 221 g/mol. The van der Waals surface area contributed by atoms with Crippen LogP contribution in [0, 0.1) is 0 Å². The molecular weight excluding hydrogens is 198 g/mol. The Morgan fingerprint density at radius 3 is 2.43 bits per heavy atom. The summed E-state index contributed by atoms with van der Waals surface area (Å²) < 4.78 is 4.66. The van der Waals surface area contributed by atoms with Gasteiger partial charge in [-0.05, 0) is 13.5 Å². The zero-order chi connectivity index (χ0) is 10.1. The van der Waals surface area contributed by atoms with E-state index < -0.39 is 0 Å². The van der Waals surface area contributed by atoms with Gasteiger partial charge in [0.2, 0.25) is 0 Å². The van der Waals surface area contributed by atoms with Crippen LogP contribution in [0.15, 0.2) is 0 Å². The fourth-order valence-corrected chi connectivity index (χ4v) is 1.30. The number of ether oxygens (including phenoxy) is 1. The molecule has 0 spiro atoms. The van der Waals surface area contributed by atoms with Crippen molar-refractivity contribution in [2.45, 2.75) is 45.1 Å². The van der Waals surface area contributed by atoms with E-state index >= 15 is 0 Å². The molecule has 0 aromatic heterocycles. The van der Waals surface area contributed by atoms with Gasteiger partial charge in [-0.1, -0.05) is 32.6 Å². The summed E-state index contributed by atoms with van der Waals surface area (Å²) in [5, 5.41) is 2.96. The summed E-state index contributed by atoms with van der Waals surface area (Å²) in [4.78, 5) is 11.1. The number of rotatable bonds is 7. The van der Waals surface area contributed by atoms with Gasteiger partial charge in [-0.25, -0.2) is 0 Å². The normalized spacial score (nSPS) is 11.6. The molecule has 0 saturated carbocycles. The minimum Gasteiger partial charge on any atom is -0.468 e. The number of esters is 1. The summed E-state index contributed by atoms with van der Waals surface area (Å²) in [7, 11) is 3.22. The minimum atomic E-state index is -0.154. The van der Waals surface area contributed by atoms with Gasteiger partial charge in [-0.2, -0.15) is 13.5 Å². The van der Waals surface area contributed by atoms with Crippen LogP contribution in [0.25, 0.3) is 0 Å². The number of likely N-dealkylation sites (N-methyl/N-ethyl adjacent to an activating group) is 1. The van der Waals surface area contributed by atoms with Crippen LogP contribution in [-0.2, 0) is 9.53 Å². The number of carbonyl (C=O) groups excluding carboxylic acids is 1. The molecule has 14 heavy (non-hydrogen) atoms. The summed E-state index contributed by atoms with van der Waals surface area (Å²) in [6.07, 6.45) is 5.64. The van der Waals surface area contributed by atoms with Crippen LogP contribution in [-0.4, -0.2) is 26.2 Å². The lowest BCUT2D eigenvalue weighted by Crippen LogP contribution is -2.34. The summed E-state index contributed by atoms with van der Waals surface area (Å²) >= 11 is 0. The molecule has 0 radical (unpaired) electrons. The van der Waals surface area contributed by atoms with E-state index in [-0.39, 0.29) is 25.5 Å². The lowest BCUT2D eigenvalue weighted by Gasteiger charge is -2.12. The van der Waals surface area contributed by atoms with Crippen molar-refractivity contribution < 1.29 is 9.53 Å². The molecule has 0 aliphatic heterocycles. The van der Waals surface area contributed by atoms with E-state index in [4.69, 9.17) is 0 Å². The van der Waals surface area contributed by atoms with Gasteiger partial charge in [0.25, 0.3) is 0 Å². The summed E-state index contributed by atoms with van der Waals surface area (Å²) in [6.45, 7) is 2.18. The van der Waals surface area contributed by atoms with Crippen molar-refractivity contribution in [2.24, 2.45) is 0 Å². The molecule has 0 rings (SSSR count). The van der Waals surface area contributed by atoms with Crippen molar-refractivity contribution in [3.05, 3.63) is 0 Å². The number of hydrogen-bond acceptors (Lipinski definition) is 3. The van der Waals surface area contributed by atoms with Crippen LogP contribution < -0.4 is 5.32 Å². The van der Waals surface area contributed by atoms with Crippen LogP contribution in [0.2, 0.25) is 0 Å². The smallest absolute Gasteiger partial charge is 0.322 e. The van der Waals surface area contributed by atoms with E-state index in [1.165, 1.54) is 26.4 Å². The first-order valence-electron chi connectivity index (χ1n) is 5.01. The topological polar surface area (TPSA) is 38.3 Å². The molecule has 0 bridgehead atoms. The third-order valence-electron chi connectivity index (χ3n) is 2.18. The Bertz CT molecular complexity index is 142. The molecule has 0 heterocycles. The molecule has 3 nitrogen and oxygen atoms in total. The molecule has 4 heteroatoms. The first-order chi connectivity index (χ1) is 6.26. The molecule has 0 aromatic rings. The molecule has 0 saturated heterocycles. The lowest BCUT2D eigenvalue weighted by atomic mass is 10.1. The predicted octanol–water partition coefficient (Wildman–Crippen LogP) is 1.83. The Labute approximate surface area is 94.0 Å². The van der Waals surface area contributed by atoms with Crippen molar-refractivity contribution in [3.63, 3.8) is 0 Å². The third kappa shape index (κ3) is 7.21. The van der Waals surface area contributed by atoms with Gasteiger partial charge in [0, 0.05) is 0 Å². The molecule has 0 aliphatic rings. The van der Waals surface area contributed by atoms with E-state index in [9.17, 15) is 4.79 Å². The Morgan fingerprint density at radius 2 is 2.00 bits per heavy atom. The van der Waals surface area contributed by atoms with Crippen molar-refractivity contribution in [2.75, 3.05) is 14.2 Å². The number of unbranched alkanes of at least 4 members (excludes halogenated alkanes) is 3. The largest absolute Gasteiger partial charge is 0.468 e. The fraction of sp³-hybridized carbons (Fsp3) is 0.900. The van der Waals surface area contributed by atoms with Crippen molar-refractivity contribution in [1.82, 2.24) is 5.32 Å². The molecule has 0 aliphatic carbocycles. The predicted molar refractivity (Wildman–Crippen MR) is 64.0 cm³/mol. The third-order valence-corrected chi connectivity index (χ3v) is 2.18. The highest BCUT2D eigenvalue weighted by molar-refractivity contribution is 7.59. The maximum atomic E-state index is 11.1. The Balaban J connectivity index is 0. The van der Waals surface area contributed by atoms with E-state index in [1.807, 2.05) is 0 Å². The molecule has 0 aromatic carbocycles. The van der Waals surface area contributed by atoms with E-state index in [0.717, 1.165) is 12.8 Å². The molecule has 0 unspecified atom stereocenters. The number of hydrogen-bond donors (Lipinski definition) is 1. The first kappa shape index (κ1) is 16.2. The Morgan fingerprint density at radius 1 is 1.36 bits per heavy atom. The molecule has 1 N–H and O–H groups in total. The van der Waals surface area contributed by atoms with E-state index in [1.54, 1.807) is 7.05 Å². The molecule has 1 atom stereocenters. The zero-order valence-corrected chi connectivity index (χ0v) is 10.4. The Kier molecular flexibility index (Phi) is 12.6. The highest BCUT2D eigenvalue weighted by Gasteiger charge is 2.15. The van der Waals surface area contributed by atoms with Crippen LogP contribution in [0.3, 0.4) is 0 Å². The first-order valence-corrected chi connectivity index (χ1v) is 5.01. The highest BCUT2D eigenvalue weighted by Crippen LogP contribution is 2.06. The SMILES string of the molecule is CCCCCC[C@H](NC)C(=O)OC.S. The van der Waals surface area contributed by atoms with Crippen LogP contribution in [0.4, 0.5) is 0 Å². The van der Waals surface area contributed by atoms with E-state index in [0.29, 0.717) is 0 Å². The van der Waals surface area contributed by atoms with Gasteiger partial charge >= 0.3 is 5.97 Å². The fourth-order valence-electron chi connectivity index (χ4n) is 1.30. The minimum absolute atomic E-state index is 0. The highest BCUT2D eigenvalue weighted by atomic mass is 32.1. The molecular formula is C10H23NO2S. The molecule has 86 valence electrons. The lowest BCUT2D eigenvalue weighted by molar-refractivity contribution is -0.143. The van der Waals surface area contributed by atoms with Crippen LogP contribution in [0.1, 0.15) is 39.0 Å². The van der Waals surface area contributed by atoms with Crippen molar-refractivity contribution in [1.29, 1.82) is 0 Å². The van der Waals surface area contributed by atoms with Crippen LogP contribution in [0.5, 0.6) is 0 Å². The molecule has 0 fully saturated rings. The Hall–Kier alpha value is -0.220. The average Bonchev–Trinajstić information content (AvgIpc) is 2.17. The quantitative estimate of drug-likeness (QED) is 0.526. The van der Waals surface area contributed by atoms with Gasteiger partial charge in [0.15, 0.2) is 0 Å². The van der Waals surface area contributed by atoms with Gasteiger partial charge in [-0.3, -0.25) is 4.79 Å². The second-order valence-corrected chi connectivity index (χ2v) is 3.21. The maximum Gasteiger partial charge on any atom is 0.322 e. The monoisotopic (exact) mass is 221 g/mol. The summed E-state index contributed by atoms with van der Waals surface area (Å²) in [5.74, 6) is -0.154. The molecule has 0 amide bonds. The maximum absolute atomic E-state index is 11.1. The van der Waals surface area contributed by atoms with Crippen molar-refractivity contribution >= 4 is 19.5 Å². The standard InChI is InChI=1S/C10H21NO2.H2S/c1-4-5-6-7-8-9(11-2)10(12)13-3;/h9,11H,4-8H2,1-3H3;1H2/t9-;/m0./s1. The summed E-state index contributed by atoms with van der Waals surface area (Å²) in [5.41, 5.74) is 0. The van der Waals surface area contributed by atoms with Gasteiger partial charge in [0.05, 0.1) is 7.11 Å². The van der Waals surface area contributed by atoms with Crippen LogP contribution >= 0.6 is 13.5 Å². The van der Waals surface area contributed by atoms with Gasteiger partial charge < -0.3 is 10.1 Å². The van der Waals surface area contributed by atoms with Crippen molar-refractivity contribution in [3.8, 4) is 0 Å². The van der Waals surface area contributed by atoms with Gasteiger partial charge in [0.1, 0.15) is 6.04 Å². The number of methoxy groups -OCH3 is 1.